The van der Waals surface area contributed by atoms with Crippen LogP contribution in [0.1, 0.15) is 12.8 Å². The molecule has 1 aromatic rings. The van der Waals surface area contributed by atoms with E-state index < -0.39 is 24.1 Å². The van der Waals surface area contributed by atoms with Crippen LogP contribution in [0.15, 0.2) is 24.3 Å². The van der Waals surface area contributed by atoms with Gasteiger partial charge in [-0.3, -0.25) is 4.79 Å². The quantitative estimate of drug-likeness (QED) is 0.503. The minimum Gasteiger partial charge on any atom is -0.481 e. The smallest absolute Gasteiger partial charge is 0.413 e. The number of anilines is 1. The second-order valence-electron chi connectivity index (χ2n) is 4.50. The number of carboxylic acid groups (broad SMARTS) is 2. The van der Waals surface area contributed by atoms with Crippen LogP contribution in [-0.4, -0.2) is 46.7 Å². The number of carbonyl (C=O) groups excluding carboxylic acids is 1. The van der Waals surface area contributed by atoms with Crippen LogP contribution in [-0.2, 0) is 9.59 Å². The summed E-state index contributed by atoms with van der Waals surface area (Å²) in [6.07, 6.45) is -1.58. The first-order chi connectivity index (χ1) is 10.9. The fraction of sp³-hybridized carbons (Fsp3) is 0.357. The molecule has 0 bridgehead atoms. The van der Waals surface area contributed by atoms with Gasteiger partial charge in [-0.15, -0.1) is 11.6 Å². The number of ether oxygens (including phenoxy) is 1. The lowest BCUT2D eigenvalue weighted by Crippen LogP contribution is -2.42. The maximum atomic E-state index is 11.7. The van der Waals surface area contributed by atoms with Crippen LogP contribution in [0.3, 0.4) is 0 Å². The van der Waals surface area contributed by atoms with Gasteiger partial charge >= 0.3 is 18.0 Å². The van der Waals surface area contributed by atoms with Gasteiger partial charge in [-0.1, -0.05) is 0 Å². The van der Waals surface area contributed by atoms with Crippen molar-refractivity contribution in [3.05, 3.63) is 24.3 Å². The molecule has 1 aromatic carbocycles. The number of rotatable bonds is 9. The SMILES string of the molecule is O=C(O)CC[C@H](NC(=O)Oc1ccc(NCCCl)cc1)C(=O)O. The zero-order valence-corrected chi connectivity index (χ0v) is 12.9. The van der Waals surface area contributed by atoms with Gasteiger partial charge in [0.15, 0.2) is 0 Å². The van der Waals surface area contributed by atoms with Crippen molar-refractivity contribution in [2.75, 3.05) is 17.7 Å². The molecule has 0 spiro atoms. The standard InChI is InChI=1S/C14H17ClN2O6/c15-7-8-16-9-1-3-10(4-2-9)23-14(22)17-11(13(20)21)5-6-12(18)19/h1-4,11,16H,5-8H2,(H,17,22)(H,18,19)(H,20,21)/t11-/m0/s1. The molecule has 0 saturated heterocycles. The number of benzene rings is 1. The van der Waals surface area contributed by atoms with Crippen molar-refractivity contribution in [2.24, 2.45) is 0 Å². The number of alkyl halides is 1. The van der Waals surface area contributed by atoms with Gasteiger partial charge in [0, 0.05) is 24.5 Å². The first-order valence-electron chi connectivity index (χ1n) is 6.75. The minimum atomic E-state index is -1.33. The molecule has 1 amide bonds. The van der Waals surface area contributed by atoms with E-state index in [0.717, 1.165) is 5.69 Å². The van der Waals surface area contributed by atoms with Gasteiger partial charge in [-0.25, -0.2) is 9.59 Å². The van der Waals surface area contributed by atoms with Gasteiger partial charge in [0.1, 0.15) is 11.8 Å². The number of nitrogens with one attached hydrogen (secondary N) is 2. The van der Waals surface area contributed by atoms with Crippen LogP contribution in [0.2, 0.25) is 0 Å². The highest BCUT2D eigenvalue weighted by Crippen LogP contribution is 2.15. The van der Waals surface area contributed by atoms with E-state index in [4.69, 9.17) is 26.6 Å². The molecular formula is C14H17ClN2O6. The van der Waals surface area contributed by atoms with E-state index in [0.29, 0.717) is 12.4 Å². The van der Waals surface area contributed by atoms with E-state index in [1.807, 2.05) is 0 Å². The highest BCUT2D eigenvalue weighted by atomic mass is 35.5. The third-order valence-corrected chi connectivity index (χ3v) is 2.91. The van der Waals surface area contributed by atoms with Crippen LogP contribution in [0.5, 0.6) is 5.75 Å². The number of hydrogen-bond acceptors (Lipinski definition) is 5. The maximum Gasteiger partial charge on any atom is 0.413 e. The Morgan fingerprint density at radius 2 is 1.83 bits per heavy atom. The van der Waals surface area contributed by atoms with Gasteiger partial charge in [0.05, 0.1) is 0 Å². The molecular weight excluding hydrogens is 328 g/mol. The molecule has 1 rings (SSSR count). The Labute approximate surface area is 137 Å². The Kier molecular flexibility index (Phi) is 7.69. The van der Waals surface area contributed by atoms with E-state index in [1.54, 1.807) is 12.1 Å². The molecule has 0 radical (unpaired) electrons. The second kappa shape index (κ2) is 9.52. The molecule has 9 heteroatoms. The van der Waals surface area contributed by atoms with Crippen molar-refractivity contribution >= 4 is 35.3 Å². The maximum absolute atomic E-state index is 11.7. The lowest BCUT2D eigenvalue weighted by atomic mass is 10.1. The molecule has 1 atom stereocenters. The summed E-state index contributed by atoms with van der Waals surface area (Å²) in [4.78, 5) is 33.1. The number of hydrogen-bond donors (Lipinski definition) is 4. The molecule has 0 aliphatic rings. The molecule has 0 aliphatic heterocycles. The van der Waals surface area contributed by atoms with E-state index in [-0.39, 0.29) is 18.6 Å². The van der Waals surface area contributed by atoms with Gasteiger partial charge in [-0.05, 0) is 30.7 Å². The summed E-state index contributed by atoms with van der Waals surface area (Å²) in [5, 5.41) is 22.6. The fourth-order valence-corrected chi connectivity index (χ4v) is 1.73. The number of carboxylic acids is 2. The van der Waals surface area contributed by atoms with E-state index >= 15 is 0 Å². The molecule has 0 heterocycles. The molecule has 8 nitrogen and oxygen atoms in total. The lowest BCUT2D eigenvalue weighted by molar-refractivity contribution is -0.140. The zero-order valence-electron chi connectivity index (χ0n) is 12.1. The Balaban J connectivity index is 2.53. The summed E-state index contributed by atoms with van der Waals surface area (Å²) < 4.78 is 4.95. The summed E-state index contributed by atoms with van der Waals surface area (Å²) >= 11 is 5.55. The Morgan fingerprint density at radius 3 is 2.35 bits per heavy atom. The molecule has 23 heavy (non-hydrogen) atoms. The Morgan fingerprint density at radius 1 is 1.17 bits per heavy atom. The van der Waals surface area contributed by atoms with Gasteiger partial charge < -0.3 is 25.6 Å². The Hall–Kier alpha value is -2.48. The van der Waals surface area contributed by atoms with E-state index in [9.17, 15) is 14.4 Å². The molecule has 0 unspecified atom stereocenters. The van der Waals surface area contributed by atoms with E-state index in [2.05, 4.69) is 10.6 Å². The van der Waals surface area contributed by atoms with Crippen LogP contribution in [0.25, 0.3) is 0 Å². The molecule has 4 N–H and O–H groups in total. The van der Waals surface area contributed by atoms with Crippen LogP contribution in [0.4, 0.5) is 10.5 Å². The van der Waals surface area contributed by atoms with Crippen LogP contribution in [0, 0.1) is 0 Å². The monoisotopic (exact) mass is 344 g/mol. The number of amides is 1. The average Bonchev–Trinajstić information content (AvgIpc) is 2.50. The number of halogens is 1. The highest BCUT2D eigenvalue weighted by Gasteiger charge is 2.21. The highest BCUT2D eigenvalue weighted by molar-refractivity contribution is 6.18. The largest absolute Gasteiger partial charge is 0.481 e. The molecule has 0 aromatic heterocycles. The normalized spacial score (nSPS) is 11.3. The first-order valence-corrected chi connectivity index (χ1v) is 7.28. The van der Waals surface area contributed by atoms with Crippen molar-refractivity contribution in [3.8, 4) is 5.75 Å². The average molecular weight is 345 g/mol. The predicted molar refractivity (Wildman–Crippen MR) is 83.1 cm³/mol. The van der Waals surface area contributed by atoms with Crippen LogP contribution < -0.4 is 15.4 Å². The second-order valence-corrected chi connectivity index (χ2v) is 4.88. The van der Waals surface area contributed by atoms with E-state index in [1.165, 1.54) is 12.1 Å². The first kappa shape index (κ1) is 18.6. The summed E-state index contributed by atoms with van der Waals surface area (Å²) in [5.74, 6) is -1.80. The van der Waals surface area contributed by atoms with Crippen molar-refractivity contribution < 1.29 is 29.3 Å². The van der Waals surface area contributed by atoms with Crippen molar-refractivity contribution in [2.45, 2.75) is 18.9 Å². The third-order valence-electron chi connectivity index (χ3n) is 2.73. The van der Waals surface area contributed by atoms with Crippen molar-refractivity contribution in [1.82, 2.24) is 5.32 Å². The summed E-state index contributed by atoms with van der Waals surface area (Å²) in [6.45, 7) is 0.589. The van der Waals surface area contributed by atoms with Gasteiger partial charge in [-0.2, -0.15) is 0 Å². The van der Waals surface area contributed by atoms with Crippen molar-refractivity contribution in [1.29, 1.82) is 0 Å². The summed E-state index contributed by atoms with van der Waals surface area (Å²) in [5.41, 5.74) is 0.795. The molecule has 0 aliphatic carbocycles. The van der Waals surface area contributed by atoms with Crippen LogP contribution >= 0.6 is 11.6 Å². The zero-order chi connectivity index (χ0) is 17.2. The summed E-state index contributed by atoms with van der Waals surface area (Å²) in [7, 11) is 0. The minimum absolute atomic E-state index is 0.223. The third kappa shape index (κ3) is 7.37. The predicted octanol–water partition coefficient (Wildman–Crippen LogP) is 1.74. The van der Waals surface area contributed by atoms with Gasteiger partial charge in [0.25, 0.3) is 0 Å². The topological polar surface area (TPSA) is 125 Å². The fourth-order valence-electron chi connectivity index (χ4n) is 1.64. The number of carbonyl (C=O) groups is 3. The molecule has 0 saturated carbocycles. The molecule has 0 fully saturated rings. The summed E-state index contributed by atoms with van der Waals surface area (Å²) in [6, 6.07) is 5.08. The number of aliphatic carboxylic acids is 2. The van der Waals surface area contributed by atoms with Gasteiger partial charge in [0.2, 0.25) is 0 Å². The lowest BCUT2D eigenvalue weighted by Gasteiger charge is -2.13. The molecule has 126 valence electrons. The van der Waals surface area contributed by atoms with Crippen molar-refractivity contribution in [3.63, 3.8) is 0 Å². The Bertz CT molecular complexity index is 549.